The summed E-state index contributed by atoms with van der Waals surface area (Å²) in [5, 5.41) is 6.33. The minimum Gasteiger partial charge on any atom is -0.349 e. The van der Waals surface area contributed by atoms with E-state index in [1.807, 2.05) is 28.8 Å². The SMILES string of the molecule is Cc1ncc(Cl)cc1C(=O)NC1CCC(Cn2c(=O)n(-c3ccc(C(=O)Nc4cccnc4)nc3)c3ccccc32)CC1. The van der Waals surface area contributed by atoms with Gasteiger partial charge in [-0.15, -0.1) is 0 Å². The van der Waals surface area contributed by atoms with Gasteiger partial charge >= 0.3 is 5.69 Å². The molecule has 1 fully saturated rings. The lowest BCUT2D eigenvalue weighted by Gasteiger charge is -2.29. The lowest BCUT2D eigenvalue weighted by Crippen LogP contribution is -2.39. The number of halogens is 1. The highest BCUT2D eigenvalue weighted by atomic mass is 35.5. The Labute approximate surface area is 252 Å². The average Bonchev–Trinajstić information content (AvgIpc) is 3.30. The smallest absolute Gasteiger partial charge is 0.333 e. The quantitative estimate of drug-likeness (QED) is 0.267. The molecule has 0 spiro atoms. The van der Waals surface area contributed by atoms with Crippen molar-refractivity contribution in [2.75, 3.05) is 5.32 Å². The summed E-state index contributed by atoms with van der Waals surface area (Å²) in [6.45, 7) is 2.37. The molecule has 218 valence electrons. The molecule has 0 saturated heterocycles. The second-order valence-corrected chi connectivity index (χ2v) is 11.2. The van der Waals surface area contributed by atoms with Gasteiger partial charge < -0.3 is 10.6 Å². The van der Waals surface area contributed by atoms with Crippen molar-refractivity contribution in [2.45, 2.75) is 45.2 Å². The maximum Gasteiger partial charge on any atom is 0.333 e. The summed E-state index contributed by atoms with van der Waals surface area (Å²) in [5.41, 5.74) is 3.97. The number of hydrogen-bond acceptors (Lipinski definition) is 6. The Kier molecular flexibility index (Phi) is 8.02. The van der Waals surface area contributed by atoms with Gasteiger partial charge in [-0.05, 0) is 81.0 Å². The van der Waals surface area contributed by atoms with E-state index in [4.69, 9.17) is 11.6 Å². The molecule has 11 heteroatoms. The summed E-state index contributed by atoms with van der Waals surface area (Å²) in [7, 11) is 0. The zero-order valence-corrected chi connectivity index (χ0v) is 24.3. The molecule has 2 N–H and O–H groups in total. The number of fused-ring (bicyclic) bond motifs is 1. The van der Waals surface area contributed by atoms with Gasteiger partial charge in [0.25, 0.3) is 11.8 Å². The minimum atomic E-state index is -0.361. The molecule has 0 unspecified atom stereocenters. The predicted molar refractivity (Wildman–Crippen MR) is 165 cm³/mol. The summed E-state index contributed by atoms with van der Waals surface area (Å²) in [6, 6.07) is 16.2. The summed E-state index contributed by atoms with van der Waals surface area (Å²) < 4.78 is 3.46. The fourth-order valence-corrected chi connectivity index (χ4v) is 5.82. The first-order valence-electron chi connectivity index (χ1n) is 14.2. The summed E-state index contributed by atoms with van der Waals surface area (Å²) in [5.74, 6) is -0.235. The number of aryl methyl sites for hydroxylation is 1. The zero-order valence-electron chi connectivity index (χ0n) is 23.5. The first-order chi connectivity index (χ1) is 20.9. The summed E-state index contributed by atoms with van der Waals surface area (Å²) in [6.07, 6.45) is 9.67. The van der Waals surface area contributed by atoms with Crippen LogP contribution in [0.25, 0.3) is 16.7 Å². The molecule has 10 nitrogen and oxygen atoms in total. The molecule has 6 rings (SSSR count). The van der Waals surface area contributed by atoms with Crippen LogP contribution in [-0.2, 0) is 6.54 Å². The van der Waals surface area contributed by atoms with E-state index in [2.05, 4.69) is 25.6 Å². The Morgan fingerprint density at radius 1 is 0.930 bits per heavy atom. The Morgan fingerprint density at radius 3 is 2.44 bits per heavy atom. The largest absolute Gasteiger partial charge is 0.349 e. The molecular weight excluding hydrogens is 566 g/mol. The molecule has 4 aromatic heterocycles. The molecule has 5 aromatic rings. The molecule has 1 saturated carbocycles. The first kappa shape index (κ1) is 28.3. The van der Waals surface area contributed by atoms with Crippen LogP contribution in [0.5, 0.6) is 0 Å². The van der Waals surface area contributed by atoms with Gasteiger partial charge in [-0.25, -0.2) is 9.78 Å². The van der Waals surface area contributed by atoms with E-state index < -0.39 is 0 Å². The van der Waals surface area contributed by atoms with Crippen LogP contribution in [0.1, 0.15) is 52.2 Å². The van der Waals surface area contributed by atoms with Crippen molar-refractivity contribution in [1.29, 1.82) is 0 Å². The number of imidazole rings is 1. The molecule has 4 heterocycles. The standard InChI is InChI=1S/C32H30ClN7O3/c1-20-26(15-22(33)16-35-20)30(41)37-23-10-8-21(9-11-23)19-39-28-6-2-3-7-29(28)40(32(39)43)25-12-13-27(36-18-25)31(42)38-24-5-4-14-34-17-24/h2-7,12-18,21,23H,8-11,19H2,1H3,(H,37,41)(H,38,42). The number of nitrogens with zero attached hydrogens (tertiary/aromatic N) is 5. The van der Waals surface area contributed by atoms with Crippen molar-refractivity contribution in [3.8, 4) is 5.69 Å². The number of hydrogen-bond donors (Lipinski definition) is 2. The number of anilines is 1. The molecule has 0 atom stereocenters. The number of carbonyl (C=O) groups excluding carboxylic acids is 2. The van der Waals surface area contributed by atoms with Gasteiger partial charge in [-0.3, -0.25) is 28.7 Å². The maximum atomic E-state index is 13.8. The third kappa shape index (κ3) is 6.05. The Morgan fingerprint density at radius 2 is 1.72 bits per heavy atom. The minimum absolute atomic E-state index is 0.0557. The van der Waals surface area contributed by atoms with Gasteiger partial charge in [0.05, 0.1) is 51.1 Å². The van der Waals surface area contributed by atoms with Crippen LogP contribution in [0.4, 0.5) is 5.69 Å². The van der Waals surface area contributed by atoms with Gasteiger partial charge in [-0.2, -0.15) is 0 Å². The van der Waals surface area contributed by atoms with E-state index in [1.54, 1.807) is 60.4 Å². The Hall–Kier alpha value is -4.83. The maximum absolute atomic E-state index is 13.8. The van der Waals surface area contributed by atoms with Crippen LogP contribution < -0.4 is 16.3 Å². The second-order valence-electron chi connectivity index (χ2n) is 10.8. The average molecular weight is 596 g/mol. The number of carbonyl (C=O) groups is 2. The lowest BCUT2D eigenvalue weighted by molar-refractivity contribution is 0.0918. The third-order valence-corrected chi connectivity index (χ3v) is 8.12. The number of nitrogens with one attached hydrogen (secondary N) is 2. The van der Waals surface area contributed by atoms with E-state index in [-0.39, 0.29) is 35.2 Å². The fraction of sp³-hybridized carbons (Fsp3) is 0.250. The van der Waals surface area contributed by atoms with Crippen LogP contribution in [0, 0.1) is 12.8 Å². The Bertz CT molecular complexity index is 1840. The first-order valence-corrected chi connectivity index (χ1v) is 14.6. The van der Waals surface area contributed by atoms with Crippen LogP contribution in [0.15, 0.2) is 84.2 Å². The molecule has 1 aliphatic rings. The molecule has 1 aromatic carbocycles. The topological polar surface area (TPSA) is 124 Å². The van der Waals surface area contributed by atoms with Crippen molar-refractivity contribution in [3.05, 3.63) is 112 Å². The zero-order chi connectivity index (χ0) is 29.9. The van der Waals surface area contributed by atoms with Gasteiger partial charge in [0, 0.05) is 25.0 Å². The van der Waals surface area contributed by atoms with Crippen LogP contribution in [-0.4, -0.2) is 41.9 Å². The molecule has 43 heavy (non-hydrogen) atoms. The van der Waals surface area contributed by atoms with Crippen LogP contribution in [0.2, 0.25) is 5.02 Å². The van der Waals surface area contributed by atoms with Crippen molar-refractivity contribution < 1.29 is 9.59 Å². The fourth-order valence-electron chi connectivity index (χ4n) is 5.67. The van der Waals surface area contributed by atoms with E-state index >= 15 is 0 Å². The summed E-state index contributed by atoms with van der Waals surface area (Å²) >= 11 is 6.05. The second kappa shape index (κ2) is 12.2. The highest BCUT2D eigenvalue weighted by Gasteiger charge is 2.26. The lowest BCUT2D eigenvalue weighted by atomic mass is 9.85. The summed E-state index contributed by atoms with van der Waals surface area (Å²) in [4.78, 5) is 51.8. The van der Waals surface area contributed by atoms with Crippen LogP contribution in [0.3, 0.4) is 0 Å². The molecule has 0 radical (unpaired) electrons. The number of pyridine rings is 3. The molecule has 1 aliphatic carbocycles. The van der Waals surface area contributed by atoms with E-state index in [0.29, 0.717) is 34.2 Å². The number of benzene rings is 1. The molecule has 2 amide bonds. The Balaban J connectivity index is 1.15. The molecule has 0 aliphatic heterocycles. The third-order valence-electron chi connectivity index (χ3n) is 7.91. The molecule has 0 bridgehead atoms. The van der Waals surface area contributed by atoms with Crippen molar-refractivity contribution >= 4 is 40.1 Å². The van der Waals surface area contributed by atoms with Crippen LogP contribution >= 0.6 is 11.6 Å². The van der Waals surface area contributed by atoms with Crippen molar-refractivity contribution in [1.82, 2.24) is 29.4 Å². The van der Waals surface area contributed by atoms with E-state index in [9.17, 15) is 14.4 Å². The van der Waals surface area contributed by atoms with Crippen molar-refractivity contribution in [2.24, 2.45) is 5.92 Å². The highest BCUT2D eigenvalue weighted by Crippen LogP contribution is 2.28. The monoisotopic (exact) mass is 595 g/mol. The number of amides is 2. The van der Waals surface area contributed by atoms with Gasteiger partial charge in [0.1, 0.15) is 5.69 Å². The number of rotatable bonds is 7. The van der Waals surface area contributed by atoms with Gasteiger partial charge in [-0.1, -0.05) is 23.7 Å². The van der Waals surface area contributed by atoms with Crippen molar-refractivity contribution in [3.63, 3.8) is 0 Å². The predicted octanol–water partition coefficient (Wildman–Crippen LogP) is 5.18. The van der Waals surface area contributed by atoms with Gasteiger partial charge in [0.2, 0.25) is 0 Å². The highest BCUT2D eigenvalue weighted by molar-refractivity contribution is 6.30. The number of para-hydroxylation sites is 2. The normalized spacial score (nSPS) is 16.6. The van der Waals surface area contributed by atoms with E-state index in [1.165, 1.54) is 6.20 Å². The number of aromatic nitrogens is 5. The van der Waals surface area contributed by atoms with Gasteiger partial charge in [0.15, 0.2) is 0 Å². The van der Waals surface area contributed by atoms with E-state index in [0.717, 1.165) is 36.7 Å². The molecular formula is C32H30ClN7O3.